The molecular formula is C20H24ClF3N4O2. The largest absolute Gasteiger partial charge is 0.464 e. The molecule has 0 radical (unpaired) electrons. The molecule has 0 atom stereocenters. The minimum Gasteiger partial charge on any atom is -0.464 e. The lowest BCUT2D eigenvalue weighted by Crippen LogP contribution is -2.38. The first-order chi connectivity index (χ1) is 14.2. The van der Waals surface area contributed by atoms with Gasteiger partial charge in [-0.3, -0.25) is 4.79 Å². The van der Waals surface area contributed by atoms with Crippen LogP contribution in [0.25, 0.3) is 0 Å². The predicted octanol–water partition coefficient (Wildman–Crippen LogP) is 4.65. The highest BCUT2D eigenvalue weighted by atomic mass is 35.5. The van der Waals surface area contributed by atoms with E-state index in [0.29, 0.717) is 30.9 Å². The summed E-state index contributed by atoms with van der Waals surface area (Å²) in [6.45, 7) is 4.88. The van der Waals surface area contributed by atoms with Crippen LogP contribution in [0.4, 0.5) is 13.2 Å². The molecule has 30 heavy (non-hydrogen) atoms. The van der Waals surface area contributed by atoms with Crippen molar-refractivity contribution in [3.05, 3.63) is 40.2 Å². The van der Waals surface area contributed by atoms with Crippen LogP contribution in [0.5, 0.6) is 6.01 Å². The average molecular weight is 445 g/mol. The molecule has 1 aromatic carbocycles. The molecule has 164 valence electrons. The third-order valence-electron chi connectivity index (χ3n) is 5.18. The van der Waals surface area contributed by atoms with Crippen LogP contribution in [-0.4, -0.2) is 33.3 Å². The van der Waals surface area contributed by atoms with E-state index in [1.165, 1.54) is 12.1 Å². The third kappa shape index (κ3) is 5.24. The van der Waals surface area contributed by atoms with Crippen molar-refractivity contribution in [3.63, 3.8) is 0 Å². The number of hydrogen-bond donors (Lipinski definition) is 1. The zero-order valence-electron chi connectivity index (χ0n) is 16.8. The number of aromatic nitrogens is 3. The quantitative estimate of drug-likeness (QED) is 0.704. The van der Waals surface area contributed by atoms with Crippen LogP contribution in [0.2, 0.25) is 5.02 Å². The molecule has 1 heterocycles. The van der Waals surface area contributed by atoms with E-state index in [9.17, 15) is 18.0 Å². The van der Waals surface area contributed by atoms with Gasteiger partial charge >= 0.3 is 12.2 Å². The van der Waals surface area contributed by atoms with Gasteiger partial charge in [-0.25, -0.2) is 4.68 Å². The molecule has 6 nitrogen and oxygen atoms in total. The highest BCUT2D eigenvalue weighted by molar-refractivity contribution is 6.34. The van der Waals surface area contributed by atoms with Crippen molar-refractivity contribution >= 4 is 17.5 Å². The van der Waals surface area contributed by atoms with Crippen molar-refractivity contribution in [2.24, 2.45) is 5.92 Å². The summed E-state index contributed by atoms with van der Waals surface area (Å²) >= 11 is 5.85. The van der Waals surface area contributed by atoms with Crippen LogP contribution in [0, 0.1) is 12.8 Å². The Hall–Kier alpha value is -2.29. The topological polar surface area (TPSA) is 69.0 Å². The third-order valence-corrected chi connectivity index (χ3v) is 5.59. The number of carbonyl (C=O) groups excluding carboxylic acids is 1. The maximum atomic E-state index is 13.0. The van der Waals surface area contributed by atoms with E-state index in [0.717, 1.165) is 31.7 Å². The molecule has 1 N–H and O–H groups in total. The van der Waals surface area contributed by atoms with Gasteiger partial charge in [0.15, 0.2) is 5.82 Å². The number of amides is 1. The Morgan fingerprint density at radius 3 is 2.63 bits per heavy atom. The fraction of sp³-hybridized carbons (Fsp3) is 0.550. The molecule has 1 aliphatic carbocycles. The summed E-state index contributed by atoms with van der Waals surface area (Å²) in [6, 6.07) is 3.76. The van der Waals surface area contributed by atoms with Gasteiger partial charge in [-0.05, 0) is 57.6 Å². The van der Waals surface area contributed by atoms with E-state index < -0.39 is 22.7 Å². The fourth-order valence-electron chi connectivity index (χ4n) is 3.71. The summed E-state index contributed by atoms with van der Waals surface area (Å²) in [5, 5.41) is 6.63. The maximum Gasteiger partial charge on any atom is 0.417 e. The highest BCUT2D eigenvalue weighted by Gasteiger charge is 2.35. The molecule has 3 rings (SSSR count). The number of carbonyl (C=O) groups is 1. The average Bonchev–Trinajstić information content (AvgIpc) is 3.01. The van der Waals surface area contributed by atoms with Gasteiger partial charge in [0.05, 0.1) is 22.8 Å². The van der Waals surface area contributed by atoms with Crippen molar-refractivity contribution in [3.8, 4) is 6.01 Å². The van der Waals surface area contributed by atoms with Gasteiger partial charge in [0, 0.05) is 12.6 Å². The van der Waals surface area contributed by atoms with Gasteiger partial charge in [-0.2, -0.15) is 23.3 Å². The van der Waals surface area contributed by atoms with E-state index in [1.807, 2.05) is 13.8 Å². The number of rotatable bonds is 6. The Morgan fingerprint density at radius 2 is 2.00 bits per heavy atom. The van der Waals surface area contributed by atoms with Crippen molar-refractivity contribution in [2.75, 3.05) is 6.61 Å². The lowest BCUT2D eigenvalue weighted by molar-refractivity contribution is -0.137. The number of ether oxygens (including phenoxy) is 1. The summed E-state index contributed by atoms with van der Waals surface area (Å²) in [7, 11) is 0. The lowest BCUT2D eigenvalue weighted by Gasteiger charge is -2.29. The van der Waals surface area contributed by atoms with Crippen LogP contribution in [-0.2, 0) is 12.7 Å². The second-order valence-corrected chi connectivity index (χ2v) is 7.79. The van der Waals surface area contributed by atoms with E-state index in [1.54, 1.807) is 4.68 Å². The molecular weight excluding hydrogens is 421 g/mol. The molecule has 1 amide bonds. The van der Waals surface area contributed by atoms with Crippen molar-refractivity contribution in [1.29, 1.82) is 0 Å². The highest BCUT2D eigenvalue weighted by Crippen LogP contribution is 2.36. The summed E-state index contributed by atoms with van der Waals surface area (Å²) < 4.78 is 46.3. The monoisotopic (exact) mass is 444 g/mol. The van der Waals surface area contributed by atoms with Crippen LogP contribution in [0.15, 0.2) is 18.2 Å². The molecule has 1 aliphatic rings. The molecule has 0 unspecified atom stereocenters. The number of nitrogens with zero attached hydrogens (tertiary/aromatic N) is 3. The smallest absolute Gasteiger partial charge is 0.417 e. The molecule has 0 spiro atoms. The Bertz CT molecular complexity index is 893. The van der Waals surface area contributed by atoms with E-state index in [4.69, 9.17) is 16.3 Å². The Morgan fingerprint density at radius 1 is 1.30 bits per heavy atom. The second kappa shape index (κ2) is 9.24. The molecule has 1 fully saturated rings. The SMILES string of the molecule is CCOc1nc(C)nn1CC1CCC(NC(=O)c2cccc(C(F)(F)F)c2Cl)CC1. The van der Waals surface area contributed by atoms with Gasteiger partial charge in [0.25, 0.3) is 5.91 Å². The number of aryl methyl sites for hydroxylation is 1. The zero-order chi connectivity index (χ0) is 21.9. The molecule has 2 aromatic rings. The fourth-order valence-corrected chi connectivity index (χ4v) is 4.03. The normalized spacial score (nSPS) is 19.5. The van der Waals surface area contributed by atoms with Crippen molar-refractivity contribution in [2.45, 2.75) is 58.3 Å². The van der Waals surface area contributed by atoms with E-state index >= 15 is 0 Å². The number of benzene rings is 1. The van der Waals surface area contributed by atoms with Gasteiger partial charge in [0.1, 0.15) is 0 Å². The summed E-state index contributed by atoms with van der Waals surface area (Å²) in [6.07, 6.45) is -1.45. The first kappa shape index (κ1) is 22.4. The lowest BCUT2D eigenvalue weighted by atomic mass is 9.86. The Labute approximate surface area is 177 Å². The minimum absolute atomic E-state index is 0.108. The Balaban J connectivity index is 1.57. The van der Waals surface area contributed by atoms with Gasteiger partial charge in [-0.15, -0.1) is 0 Å². The molecule has 10 heteroatoms. The standard InChI is InChI=1S/C20H24ClF3N4O2/c1-3-30-19-25-12(2)27-28(19)11-13-7-9-14(10-8-13)26-18(29)15-5-4-6-16(17(15)21)20(22,23)24/h4-6,13-14H,3,7-11H2,1-2H3,(H,26,29). The van der Waals surface area contributed by atoms with Crippen LogP contribution in [0.1, 0.15) is 54.4 Å². The number of halogens is 4. The summed E-state index contributed by atoms with van der Waals surface area (Å²) in [4.78, 5) is 16.8. The number of alkyl halides is 3. The zero-order valence-corrected chi connectivity index (χ0v) is 17.6. The molecule has 0 saturated heterocycles. The number of hydrogen-bond acceptors (Lipinski definition) is 4. The van der Waals surface area contributed by atoms with Crippen molar-refractivity contribution < 1.29 is 22.7 Å². The van der Waals surface area contributed by atoms with Crippen LogP contribution in [0.3, 0.4) is 0 Å². The van der Waals surface area contributed by atoms with Gasteiger partial charge < -0.3 is 10.1 Å². The van der Waals surface area contributed by atoms with Crippen LogP contribution < -0.4 is 10.1 Å². The minimum atomic E-state index is -4.61. The van der Waals surface area contributed by atoms with E-state index in [2.05, 4.69) is 15.4 Å². The molecule has 0 bridgehead atoms. The molecule has 0 aliphatic heterocycles. The number of nitrogens with one attached hydrogen (secondary N) is 1. The van der Waals surface area contributed by atoms with Crippen LogP contribution >= 0.6 is 11.6 Å². The summed E-state index contributed by atoms with van der Waals surface area (Å²) in [5.41, 5.74) is -1.16. The predicted molar refractivity (Wildman–Crippen MR) is 106 cm³/mol. The summed E-state index contributed by atoms with van der Waals surface area (Å²) in [5.74, 6) is 0.424. The molecule has 1 saturated carbocycles. The van der Waals surface area contributed by atoms with E-state index in [-0.39, 0.29) is 11.6 Å². The second-order valence-electron chi connectivity index (χ2n) is 7.41. The Kier molecular flexibility index (Phi) is 6.90. The maximum absolute atomic E-state index is 13.0. The van der Waals surface area contributed by atoms with Gasteiger partial charge in [-0.1, -0.05) is 17.7 Å². The molecule has 1 aromatic heterocycles. The van der Waals surface area contributed by atoms with Gasteiger partial charge in [0.2, 0.25) is 0 Å². The van der Waals surface area contributed by atoms with Crippen molar-refractivity contribution in [1.82, 2.24) is 20.1 Å². The first-order valence-corrected chi connectivity index (χ1v) is 10.3. The first-order valence-electron chi connectivity index (χ1n) is 9.89.